The normalized spacial score (nSPS) is 11.0. The number of aromatic amines is 1. The van der Waals surface area contributed by atoms with Gasteiger partial charge < -0.3 is 10.3 Å². The van der Waals surface area contributed by atoms with Crippen molar-refractivity contribution >= 4 is 10.9 Å². The Morgan fingerprint density at radius 3 is 3.07 bits per heavy atom. The van der Waals surface area contributed by atoms with Crippen LogP contribution in [0.15, 0.2) is 30.5 Å². The molecule has 0 unspecified atom stereocenters. The van der Waals surface area contributed by atoms with Crippen molar-refractivity contribution in [3.63, 3.8) is 0 Å². The summed E-state index contributed by atoms with van der Waals surface area (Å²) in [5.74, 6) is 0. The van der Waals surface area contributed by atoms with Crippen molar-refractivity contribution in [1.82, 2.24) is 10.3 Å². The highest BCUT2D eigenvalue weighted by molar-refractivity contribution is 5.79. The molecule has 0 saturated carbocycles. The number of aromatic nitrogens is 1. The molecule has 1 heterocycles. The molecule has 0 aliphatic carbocycles. The van der Waals surface area contributed by atoms with Gasteiger partial charge in [-0.15, -0.1) is 0 Å². The second kappa shape index (κ2) is 4.99. The summed E-state index contributed by atoms with van der Waals surface area (Å²) in [5.41, 5.74) is 2.57. The molecule has 0 spiro atoms. The molecule has 2 rings (SSSR count). The maximum Gasteiger partial charge on any atom is 0.0457 e. The summed E-state index contributed by atoms with van der Waals surface area (Å²) in [6.45, 7) is 4.29. The number of rotatable bonds is 5. The molecule has 0 amide bonds. The molecule has 0 atom stereocenters. The van der Waals surface area contributed by atoms with Crippen LogP contribution in [0.5, 0.6) is 0 Å². The molecule has 0 saturated heterocycles. The minimum Gasteiger partial charge on any atom is -0.361 e. The Kier molecular flexibility index (Phi) is 3.41. The third-order valence-electron chi connectivity index (χ3n) is 2.66. The smallest absolute Gasteiger partial charge is 0.0457 e. The maximum atomic E-state index is 3.45. The molecular weight excluding hydrogens is 184 g/mol. The molecule has 2 aromatic rings. The average molecular weight is 202 g/mol. The molecule has 0 aliphatic rings. The van der Waals surface area contributed by atoms with Crippen molar-refractivity contribution < 1.29 is 0 Å². The molecule has 0 radical (unpaired) electrons. The Balaban J connectivity index is 1.96. The van der Waals surface area contributed by atoms with E-state index in [0.29, 0.717) is 0 Å². The van der Waals surface area contributed by atoms with Gasteiger partial charge in [0.2, 0.25) is 0 Å². The topological polar surface area (TPSA) is 27.8 Å². The van der Waals surface area contributed by atoms with Crippen LogP contribution in [0.1, 0.15) is 25.3 Å². The van der Waals surface area contributed by atoms with Crippen molar-refractivity contribution in [3.05, 3.63) is 36.0 Å². The lowest BCUT2D eigenvalue weighted by Crippen LogP contribution is -2.14. The monoisotopic (exact) mass is 202 g/mol. The van der Waals surface area contributed by atoms with Gasteiger partial charge in [-0.05, 0) is 36.0 Å². The molecule has 2 nitrogen and oxygen atoms in total. The van der Waals surface area contributed by atoms with E-state index in [1.165, 1.54) is 29.3 Å². The second-order valence-corrected chi connectivity index (χ2v) is 3.93. The number of fused-ring (bicyclic) bond motifs is 1. The molecule has 80 valence electrons. The number of H-pyrrole nitrogens is 1. The molecule has 2 N–H and O–H groups in total. The van der Waals surface area contributed by atoms with Gasteiger partial charge in [0.25, 0.3) is 0 Å². The lowest BCUT2D eigenvalue weighted by Gasteiger charge is -2.03. The highest BCUT2D eigenvalue weighted by atomic mass is 14.8. The van der Waals surface area contributed by atoms with E-state index < -0.39 is 0 Å². The van der Waals surface area contributed by atoms with Crippen molar-refractivity contribution in [1.29, 1.82) is 0 Å². The minimum atomic E-state index is 0.967. The van der Waals surface area contributed by atoms with E-state index in [2.05, 4.69) is 41.5 Å². The highest BCUT2D eigenvalue weighted by Crippen LogP contribution is 2.13. The van der Waals surface area contributed by atoms with Gasteiger partial charge in [0.1, 0.15) is 0 Å². The van der Waals surface area contributed by atoms with Crippen LogP contribution in [0.25, 0.3) is 10.9 Å². The summed E-state index contributed by atoms with van der Waals surface area (Å²) in [4.78, 5) is 3.23. The summed E-state index contributed by atoms with van der Waals surface area (Å²) in [7, 11) is 0. The van der Waals surface area contributed by atoms with Crippen molar-refractivity contribution in [2.24, 2.45) is 0 Å². The van der Waals surface area contributed by atoms with Crippen LogP contribution in [0.2, 0.25) is 0 Å². The standard InChI is InChI=1S/C13H18N2/c1-2-3-7-14-10-11-4-5-12-6-8-15-13(12)9-11/h4-6,8-9,14-15H,2-3,7,10H2,1H3. The van der Waals surface area contributed by atoms with Gasteiger partial charge in [-0.25, -0.2) is 0 Å². The van der Waals surface area contributed by atoms with Gasteiger partial charge in [-0.1, -0.05) is 25.5 Å². The van der Waals surface area contributed by atoms with Crippen molar-refractivity contribution in [2.45, 2.75) is 26.3 Å². The summed E-state index contributed by atoms with van der Waals surface area (Å²) in [6.07, 6.45) is 4.49. The maximum absolute atomic E-state index is 3.45. The van der Waals surface area contributed by atoms with E-state index in [-0.39, 0.29) is 0 Å². The van der Waals surface area contributed by atoms with Crippen molar-refractivity contribution in [3.8, 4) is 0 Å². The van der Waals surface area contributed by atoms with E-state index in [1.807, 2.05) is 6.20 Å². The Hall–Kier alpha value is -1.28. The first-order chi connectivity index (χ1) is 7.40. The number of nitrogens with one attached hydrogen (secondary N) is 2. The summed E-state index contributed by atoms with van der Waals surface area (Å²) >= 11 is 0. The Labute approximate surface area is 90.7 Å². The van der Waals surface area contributed by atoms with Gasteiger partial charge in [-0.3, -0.25) is 0 Å². The third-order valence-corrected chi connectivity index (χ3v) is 2.66. The first-order valence-corrected chi connectivity index (χ1v) is 5.67. The minimum absolute atomic E-state index is 0.967. The Bertz CT molecular complexity index is 417. The zero-order chi connectivity index (χ0) is 10.5. The van der Waals surface area contributed by atoms with E-state index in [0.717, 1.165) is 13.1 Å². The fraction of sp³-hybridized carbons (Fsp3) is 0.385. The number of unbranched alkanes of at least 4 members (excludes halogenated alkanes) is 1. The van der Waals surface area contributed by atoms with Gasteiger partial charge in [-0.2, -0.15) is 0 Å². The third kappa shape index (κ3) is 2.60. The zero-order valence-electron chi connectivity index (χ0n) is 9.22. The SMILES string of the molecule is CCCCNCc1ccc2cc[nH]c2c1. The highest BCUT2D eigenvalue weighted by Gasteiger charge is 1.96. The van der Waals surface area contributed by atoms with Crippen LogP contribution in [0.4, 0.5) is 0 Å². The van der Waals surface area contributed by atoms with Crippen LogP contribution >= 0.6 is 0 Å². The van der Waals surface area contributed by atoms with Crippen LogP contribution in [0, 0.1) is 0 Å². The molecule has 0 fully saturated rings. The zero-order valence-corrected chi connectivity index (χ0v) is 9.22. The van der Waals surface area contributed by atoms with Crippen LogP contribution < -0.4 is 5.32 Å². The fourth-order valence-electron chi connectivity index (χ4n) is 1.74. The van der Waals surface area contributed by atoms with Gasteiger partial charge >= 0.3 is 0 Å². The second-order valence-electron chi connectivity index (χ2n) is 3.93. The molecule has 1 aromatic heterocycles. The Morgan fingerprint density at radius 1 is 1.27 bits per heavy atom. The molecule has 1 aromatic carbocycles. The lowest BCUT2D eigenvalue weighted by atomic mass is 10.1. The van der Waals surface area contributed by atoms with Gasteiger partial charge in [0, 0.05) is 18.3 Å². The van der Waals surface area contributed by atoms with Crippen LogP contribution in [0.3, 0.4) is 0 Å². The molecule has 15 heavy (non-hydrogen) atoms. The van der Waals surface area contributed by atoms with Crippen molar-refractivity contribution in [2.75, 3.05) is 6.54 Å². The number of hydrogen-bond donors (Lipinski definition) is 2. The molecule has 2 heteroatoms. The molecule has 0 bridgehead atoms. The lowest BCUT2D eigenvalue weighted by molar-refractivity contribution is 0.642. The summed E-state index contributed by atoms with van der Waals surface area (Å²) < 4.78 is 0. The fourth-order valence-corrected chi connectivity index (χ4v) is 1.74. The van der Waals surface area contributed by atoms with Crippen LogP contribution in [-0.2, 0) is 6.54 Å². The van der Waals surface area contributed by atoms with E-state index in [4.69, 9.17) is 0 Å². The van der Waals surface area contributed by atoms with Gasteiger partial charge in [0.15, 0.2) is 0 Å². The van der Waals surface area contributed by atoms with E-state index in [1.54, 1.807) is 0 Å². The predicted octanol–water partition coefficient (Wildman–Crippen LogP) is 3.06. The largest absolute Gasteiger partial charge is 0.361 e. The first-order valence-electron chi connectivity index (χ1n) is 5.67. The number of benzene rings is 1. The predicted molar refractivity (Wildman–Crippen MR) is 64.9 cm³/mol. The molecular formula is C13H18N2. The molecule has 0 aliphatic heterocycles. The summed E-state index contributed by atoms with van der Waals surface area (Å²) in [5, 5.41) is 4.73. The van der Waals surface area contributed by atoms with Gasteiger partial charge in [0.05, 0.1) is 0 Å². The van der Waals surface area contributed by atoms with Crippen LogP contribution in [-0.4, -0.2) is 11.5 Å². The van der Waals surface area contributed by atoms with E-state index >= 15 is 0 Å². The average Bonchev–Trinajstić information content (AvgIpc) is 2.71. The summed E-state index contributed by atoms with van der Waals surface area (Å²) in [6, 6.07) is 8.68. The quantitative estimate of drug-likeness (QED) is 0.716. The first kappa shape index (κ1) is 10.2. The van der Waals surface area contributed by atoms with E-state index in [9.17, 15) is 0 Å². The Morgan fingerprint density at radius 2 is 2.20 bits per heavy atom. The number of hydrogen-bond acceptors (Lipinski definition) is 1.